The van der Waals surface area contributed by atoms with Gasteiger partial charge in [-0.1, -0.05) is 24.3 Å². The van der Waals surface area contributed by atoms with Crippen LogP contribution in [0.1, 0.15) is 40.7 Å². The zero-order valence-corrected chi connectivity index (χ0v) is 17.4. The van der Waals surface area contributed by atoms with E-state index in [4.69, 9.17) is 4.74 Å². The van der Waals surface area contributed by atoms with Crippen LogP contribution in [0.2, 0.25) is 0 Å². The van der Waals surface area contributed by atoms with Crippen LogP contribution in [0.15, 0.2) is 53.5 Å². The van der Waals surface area contributed by atoms with Crippen LogP contribution < -0.4 is 15.4 Å². The Labute approximate surface area is 173 Å². The maximum absolute atomic E-state index is 11.9. The minimum absolute atomic E-state index is 0.0375. The number of nitrogens with one attached hydrogen (secondary N) is 2. The highest BCUT2D eigenvalue weighted by Gasteiger charge is 2.26. The maximum Gasteiger partial charge on any atom is 0.251 e. The summed E-state index contributed by atoms with van der Waals surface area (Å²) in [6.07, 6.45) is 1.11. The number of nitrogens with zero attached hydrogens (tertiary/aromatic N) is 2. The number of benzene rings is 2. The number of amides is 1. The largest absolute Gasteiger partial charge is 0.497 e. The van der Waals surface area contributed by atoms with Gasteiger partial charge in [0.15, 0.2) is 5.96 Å². The van der Waals surface area contributed by atoms with Crippen molar-refractivity contribution in [1.29, 1.82) is 0 Å². The Hall–Kier alpha value is -3.02. The second-order valence-electron chi connectivity index (χ2n) is 7.16. The van der Waals surface area contributed by atoms with Gasteiger partial charge in [0, 0.05) is 44.7 Å². The molecule has 1 atom stereocenters. The van der Waals surface area contributed by atoms with E-state index >= 15 is 0 Å². The topological polar surface area (TPSA) is 66.0 Å². The van der Waals surface area contributed by atoms with E-state index in [0.29, 0.717) is 24.6 Å². The molecule has 1 amide bonds. The highest BCUT2D eigenvalue weighted by molar-refractivity contribution is 5.94. The first-order valence-corrected chi connectivity index (χ1v) is 10.1. The summed E-state index contributed by atoms with van der Waals surface area (Å²) in [5.74, 6) is 2.26. The van der Waals surface area contributed by atoms with Gasteiger partial charge in [0.25, 0.3) is 5.91 Å². The van der Waals surface area contributed by atoms with Crippen LogP contribution >= 0.6 is 0 Å². The minimum Gasteiger partial charge on any atom is -0.497 e. The second-order valence-corrected chi connectivity index (χ2v) is 7.16. The first kappa shape index (κ1) is 20.7. The molecule has 2 aromatic carbocycles. The van der Waals surface area contributed by atoms with E-state index in [2.05, 4.69) is 32.7 Å². The lowest BCUT2D eigenvalue weighted by Crippen LogP contribution is -2.39. The second kappa shape index (κ2) is 9.96. The number of aliphatic imine (C=N–C) groups is 1. The van der Waals surface area contributed by atoms with E-state index in [0.717, 1.165) is 36.8 Å². The molecular formula is C23H30N4O2. The van der Waals surface area contributed by atoms with Gasteiger partial charge in [-0.15, -0.1) is 0 Å². The normalized spacial score (nSPS) is 16.6. The molecule has 6 nitrogen and oxygen atoms in total. The molecule has 154 valence electrons. The van der Waals surface area contributed by atoms with Crippen LogP contribution in [0.25, 0.3) is 0 Å². The number of carbonyl (C=O) groups is 1. The Morgan fingerprint density at radius 2 is 1.86 bits per heavy atom. The summed E-state index contributed by atoms with van der Waals surface area (Å²) in [6.45, 7) is 5.14. The SMILES string of the molecule is CCNC(=O)c1ccc(CNC(=NC)N2CCC(c3ccc(OC)cc3)C2)cc1. The highest BCUT2D eigenvalue weighted by Crippen LogP contribution is 2.28. The van der Waals surface area contributed by atoms with Crippen molar-refractivity contribution < 1.29 is 9.53 Å². The molecule has 1 fully saturated rings. The predicted molar refractivity (Wildman–Crippen MR) is 117 cm³/mol. The molecule has 3 rings (SSSR count). The Morgan fingerprint density at radius 3 is 2.48 bits per heavy atom. The third-order valence-corrected chi connectivity index (χ3v) is 5.29. The van der Waals surface area contributed by atoms with Crippen LogP contribution in [0, 0.1) is 0 Å². The van der Waals surface area contributed by atoms with Crippen molar-refractivity contribution in [2.45, 2.75) is 25.8 Å². The third kappa shape index (κ3) is 5.28. The first-order chi connectivity index (χ1) is 14.1. The van der Waals surface area contributed by atoms with Crippen molar-refractivity contribution in [1.82, 2.24) is 15.5 Å². The van der Waals surface area contributed by atoms with Gasteiger partial charge >= 0.3 is 0 Å². The van der Waals surface area contributed by atoms with E-state index < -0.39 is 0 Å². The average Bonchev–Trinajstić information content (AvgIpc) is 3.25. The summed E-state index contributed by atoms with van der Waals surface area (Å²) in [5.41, 5.74) is 3.14. The van der Waals surface area contributed by atoms with Gasteiger partial charge in [-0.2, -0.15) is 0 Å². The monoisotopic (exact) mass is 394 g/mol. The van der Waals surface area contributed by atoms with Gasteiger partial charge in [0.1, 0.15) is 5.75 Å². The molecule has 1 aliphatic heterocycles. The number of carbonyl (C=O) groups excluding carboxylic acids is 1. The Bertz CT molecular complexity index is 831. The molecule has 0 bridgehead atoms. The molecule has 2 aromatic rings. The molecule has 29 heavy (non-hydrogen) atoms. The Morgan fingerprint density at radius 1 is 1.14 bits per heavy atom. The summed E-state index contributed by atoms with van der Waals surface area (Å²) in [6, 6.07) is 16.0. The van der Waals surface area contributed by atoms with Crippen molar-refractivity contribution in [2.75, 3.05) is 33.8 Å². The van der Waals surface area contributed by atoms with Crippen molar-refractivity contribution >= 4 is 11.9 Å². The Balaban J connectivity index is 1.54. The van der Waals surface area contributed by atoms with Gasteiger partial charge in [-0.25, -0.2) is 0 Å². The van der Waals surface area contributed by atoms with E-state index in [1.165, 1.54) is 5.56 Å². The van der Waals surface area contributed by atoms with E-state index in [9.17, 15) is 4.79 Å². The summed E-state index contributed by atoms with van der Waals surface area (Å²) in [7, 11) is 3.51. The lowest BCUT2D eigenvalue weighted by Gasteiger charge is -2.22. The van der Waals surface area contributed by atoms with Gasteiger partial charge < -0.3 is 20.3 Å². The first-order valence-electron chi connectivity index (χ1n) is 10.1. The van der Waals surface area contributed by atoms with Crippen LogP contribution in [-0.4, -0.2) is 50.6 Å². The van der Waals surface area contributed by atoms with E-state index in [1.54, 1.807) is 7.11 Å². The lowest BCUT2D eigenvalue weighted by molar-refractivity contribution is 0.0956. The van der Waals surface area contributed by atoms with Crippen LogP contribution in [-0.2, 0) is 6.54 Å². The number of rotatable bonds is 6. The van der Waals surface area contributed by atoms with Crippen LogP contribution in [0.5, 0.6) is 5.75 Å². The summed E-state index contributed by atoms with van der Waals surface area (Å²) >= 11 is 0. The number of methoxy groups -OCH3 is 1. The summed E-state index contributed by atoms with van der Waals surface area (Å²) < 4.78 is 5.25. The molecule has 6 heteroatoms. The summed E-state index contributed by atoms with van der Waals surface area (Å²) in [4.78, 5) is 18.6. The summed E-state index contributed by atoms with van der Waals surface area (Å²) in [5, 5.41) is 6.26. The van der Waals surface area contributed by atoms with Crippen molar-refractivity contribution in [3.63, 3.8) is 0 Å². The molecule has 1 unspecified atom stereocenters. The number of ether oxygens (including phenoxy) is 1. The Kier molecular flexibility index (Phi) is 7.11. The number of hydrogen-bond acceptors (Lipinski definition) is 3. The van der Waals surface area contributed by atoms with E-state index in [1.807, 2.05) is 50.4 Å². The molecule has 1 aliphatic rings. The molecule has 0 radical (unpaired) electrons. The van der Waals surface area contributed by atoms with Crippen molar-refractivity contribution in [3.05, 3.63) is 65.2 Å². The molecule has 1 heterocycles. The van der Waals surface area contributed by atoms with Gasteiger partial charge in [-0.3, -0.25) is 9.79 Å². The standard InChI is InChI=1S/C23H30N4O2/c1-4-25-22(28)19-7-5-17(6-8-19)15-26-23(24-2)27-14-13-20(16-27)18-9-11-21(29-3)12-10-18/h5-12,20H,4,13-16H2,1-3H3,(H,24,26)(H,25,28). The molecule has 0 spiro atoms. The smallest absolute Gasteiger partial charge is 0.251 e. The van der Waals surface area contributed by atoms with Gasteiger partial charge in [0.2, 0.25) is 0 Å². The molecule has 0 saturated carbocycles. The third-order valence-electron chi connectivity index (χ3n) is 5.29. The minimum atomic E-state index is -0.0375. The lowest BCUT2D eigenvalue weighted by atomic mass is 9.98. The zero-order chi connectivity index (χ0) is 20.6. The van der Waals surface area contributed by atoms with Crippen LogP contribution in [0.4, 0.5) is 0 Å². The number of guanidine groups is 1. The van der Waals surface area contributed by atoms with Gasteiger partial charge in [0.05, 0.1) is 7.11 Å². The molecule has 1 saturated heterocycles. The fourth-order valence-corrected chi connectivity index (χ4v) is 3.65. The van der Waals surface area contributed by atoms with Crippen molar-refractivity contribution in [2.24, 2.45) is 4.99 Å². The fraction of sp³-hybridized carbons (Fsp3) is 0.391. The molecule has 0 aliphatic carbocycles. The highest BCUT2D eigenvalue weighted by atomic mass is 16.5. The molecule has 2 N–H and O–H groups in total. The fourth-order valence-electron chi connectivity index (χ4n) is 3.65. The zero-order valence-electron chi connectivity index (χ0n) is 17.4. The molecule has 0 aromatic heterocycles. The predicted octanol–water partition coefficient (Wildman–Crippen LogP) is 3.01. The van der Waals surface area contributed by atoms with Crippen LogP contribution in [0.3, 0.4) is 0 Å². The quantitative estimate of drug-likeness (QED) is 0.584. The molecular weight excluding hydrogens is 364 g/mol. The van der Waals surface area contributed by atoms with Crippen molar-refractivity contribution in [3.8, 4) is 5.75 Å². The van der Waals surface area contributed by atoms with E-state index in [-0.39, 0.29) is 5.91 Å². The maximum atomic E-state index is 11.9. The average molecular weight is 395 g/mol. The van der Waals surface area contributed by atoms with Gasteiger partial charge in [-0.05, 0) is 48.7 Å². The number of likely N-dealkylation sites (tertiary alicyclic amines) is 1. The number of hydrogen-bond donors (Lipinski definition) is 2.